The van der Waals surface area contributed by atoms with Crippen LogP contribution in [0.1, 0.15) is 11.1 Å². The lowest BCUT2D eigenvalue weighted by Crippen LogP contribution is -2.03. The van der Waals surface area contributed by atoms with Crippen molar-refractivity contribution < 1.29 is 19.3 Å². The Morgan fingerprint density at radius 1 is 1.22 bits per heavy atom. The van der Waals surface area contributed by atoms with Gasteiger partial charge in [0.05, 0.1) is 26.9 Å². The molecule has 0 saturated carbocycles. The van der Waals surface area contributed by atoms with E-state index >= 15 is 0 Å². The number of benzene rings is 1. The minimum atomic E-state index is -0.147. The highest BCUT2D eigenvalue weighted by Crippen LogP contribution is 2.20. The molecule has 1 rings (SSSR count). The van der Waals surface area contributed by atoms with E-state index in [0.29, 0.717) is 19.8 Å². The van der Waals surface area contributed by atoms with Crippen molar-refractivity contribution in [3.8, 4) is 17.6 Å². The van der Waals surface area contributed by atoms with E-state index < -0.39 is 0 Å². The van der Waals surface area contributed by atoms with E-state index in [9.17, 15) is 0 Å². The molecule has 0 atom stereocenters. The largest absolute Gasteiger partial charge is 0.496 e. The first-order valence-corrected chi connectivity index (χ1v) is 5.65. The van der Waals surface area contributed by atoms with Crippen LogP contribution in [-0.2, 0) is 16.1 Å². The quantitative estimate of drug-likeness (QED) is 0.609. The molecule has 4 heteroatoms. The van der Waals surface area contributed by atoms with Gasteiger partial charge in [-0.2, -0.15) is 0 Å². The van der Waals surface area contributed by atoms with Gasteiger partial charge in [-0.05, 0) is 18.2 Å². The predicted octanol–water partition coefficient (Wildman–Crippen LogP) is 1.20. The van der Waals surface area contributed by atoms with Crippen LogP contribution in [-0.4, -0.2) is 39.1 Å². The van der Waals surface area contributed by atoms with E-state index in [4.69, 9.17) is 19.3 Å². The van der Waals surface area contributed by atoms with E-state index in [2.05, 4.69) is 11.8 Å². The SMILES string of the molecule is COCCOCc1cc(C#CCO)ccc1OC. The third-order valence-electron chi connectivity index (χ3n) is 2.28. The van der Waals surface area contributed by atoms with Gasteiger partial charge in [0.2, 0.25) is 0 Å². The second-order valence-corrected chi connectivity index (χ2v) is 3.53. The summed E-state index contributed by atoms with van der Waals surface area (Å²) >= 11 is 0. The van der Waals surface area contributed by atoms with E-state index in [1.807, 2.05) is 18.2 Å². The molecule has 0 fully saturated rings. The lowest BCUT2D eigenvalue weighted by atomic mass is 10.1. The molecule has 0 heterocycles. The third kappa shape index (κ3) is 4.76. The smallest absolute Gasteiger partial charge is 0.124 e. The Balaban J connectivity index is 2.72. The molecule has 1 aromatic carbocycles. The molecule has 0 bridgehead atoms. The average molecular weight is 250 g/mol. The van der Waals surface area contributed by atoms with Crippen molar-refractivity contribution in [1.82, 2.24) is 0 Å². The van der Waals surface area contributed by atoms with Gasteiger partial charge >= 0.3 is 0 Å². The van der Waals surface area contributed by atoms with Crippen LogP contribution in [0, 0.1) is 11.8 Å². The normalized spacial score (nSPS) is 9.72. The highest BCUT2D eigenvalue weighted by Gasteiger charge is 2.03. The number of aliphatic hydroxyl groups is 1. The second kappa shape index (κ2) is 8.54. The predicted molar refractivity (Wildman–Crippen MR) is 68.5 cm³/mol. The molecule has 0 aliphatic rings. The molecular weight excluding hydrogens is 232 g/mol. The van der Waals surface area contributed by atoms with Crippen LogP contribution in [0.25, 0.3) is 0 Å². The van der Waals surface area contributed by atoms with Gasteiger partial charge in [0.25, 0.3) is 0 Å². The summed E-state index contributed by atoms with van der Waals surface area (Å²) in [4.78, 5) is 0. The summed E-state index contributed by atoms with van der Waals surface area (Å²) < 4.78 is 15.6. The number of rotatable bonds is 6. The second-order valence-electron chi connectivity index (χ2n) is 3.53. The fourth-order valence-corrected chi connectivity index (χ4v) is 1.44. The van der Waals surface area contributed by atoms with Gasteiger partial charge in [0, 0.05) is 18.2 Å². The molecule has 1 aromatic rings. The van der Waals surface area contributed by atoms with Gasteiger partial charge < -0.3 is 19.3 Å². The van der Waals surface area contributed by atoms with Crippen LogP contribution in [0.15, 0.2) is 18.2 Å². The maximum Gasteiger partial charge on any atom is 0.124 e. The van der Waals surface area contributed by atoms with Crippen molar-refractivity contribution in [2.45, 2.75) is 6.61 Å². The molecule has 4 nitrogen and oxygen atoms in total. The van der Waals surface area contributed by atoms with Crippen LogP contribution >= 0.6 is 0 Å². The number of methoxy groups -OCH3 is 2. The Morgan fingerprint density at radius 2 is 2.06 bits per heavy atom. The fourth-order valence-electron chi connectivity index (χ4n) is 1.44. The lowest BCUT2D eigenvalue weighted by Gasteiger charge is -2.09. The van der Waals surface area contributed by atoms with Crippen molar-refractivity contribution >= 4 is 0 Å². The Labute approximate surface area is 107 Å². The van der Waals surface area contributed by atoms with Crippen molar-refractivity contribution in [3.05, 3.63) is 29.3 Å². The minimum absolute atomic E-state index is 0.147. The lowest BCUT2D eigenvalue weighted by molar-refractivity contribution is 0.0608. The average Bonchev–Trinajstić information content (AvgIpc) is 2.41. The monoisotopic (exact) mass is 250 g/mol. The number of hydrogen-bond donors (Lipinski definition) is 1. The van der Waals surface area contributed by atoms with Gasteiger partial charge in [-0.25, -0.2) is 0 Å². The number of aliphatic hydroxyl groups excluding tert-OH is 1. The van der Waals surface area contributed by atoms with Crippen LogP contribution in [0.4, 0.5) is 0 Å². The Bertz CT molecular complexity index is 418. The zero-order valence-electron chi connectivity index (χ0n) is 10.7. The van der Waals surface area contributed by atoms with Crippen LogP contribution in [0.2, 0.25) is 0 Å². The summed E-state index contributed by atoms with van der Waals surface area (Å²) in [5.41, 5.74) is 1.76. The maximum atomic E-state index is 8.66. The molecule has 0 aromatic heterocycles. The molecule has 0 saturated heterocycles. The molecule has 0 aliphatic heterocycles. The van der Waals surface area contributed by atoms with Gasteiger partial charge in [0.1, 0.15) is 12.4 Å². The molecule has 0 radical (unpaired) electrons. The van der Waals surface area contributed by atoms with E-state index in [1.165, 1.54) is 0 Å². The van der Waals surface area contributed by atoms with E-state index in [0.717, 1.165) is 16.9 Å². The molecule has 0 amide bonds. The first kappa shape index (κ1) is 14.5. The zero-order valence-corrected chi connectivity index (χ0v) is 10.7. The summed E-state index contributed by atoms with van der Waals surface area (Å²) in [5.74, 6) is 6.23. The van der Waals surface area contributed by atoms with Gasteiger partial charge in [-0.3, -0.25) is 0 Å². The van der Waals surface area contributed by atoms with Gasteiger partial charge in [-0.15, -0.1) is 0 Å². The van der Waals surface area contributed by atoms with Crippen LogP contribution in [0.5, 0.6) is 5.75 Å². The molecule has 98 valence electrons. The minimum Gasteiger partial charge on any atom is -0.496 e. The van der Waals surface area contributed by atoms with Crippen molar-refractivity contribution in [1.29, 1.82) is 0 Å². The standard InChI is InChI=1S/C14H18O4/c1-16-8-9-18-11-13-10-12(4-3-7-15)5-6-14(13)17-2/h5-6,10,15H,7-9,11H2,1-2H3. The van der Waals surface area contributed by atoms with Gasteiger partial charge in [0.15, 0.2) is 0 Å². The van der Waals surface area contributed by atoms with Crippen molar-refractivity contribution in [2.75, 3.05) is 34.0 Å². The van der Waals surface area contributed by atoms with Gasteiger partial charge in [-0.1, -0.05) is 11.8 Å². The summed E-state index contributed by atoms with van der Waals surface area (Å²) in [6.07, 6.45) is 0. The molecular formula is C14H18O4. The third-order valence-corrected chi connectivity index (χ3v) is 2.28. The fraction of sp³-hybridized carbons (Fsp3) is 0.429. The zero-order chi connectivity index (χ0) is 13.2. The highest BCUT2D eigenvalue weighted by atomic mass is 16.5. The van der Waals surface area contributed by atoms with Crippen molar-refractivity contribution in [2.24, 2.45) is 0 Å². The number of ether oxygens (including phenoxy) is 3. The van der Waals surface area contributed by atoms with Crippen LogP contribution in [0.3, 0.4) is 0 Å². The molecule has 0 unspecified atom stereocenters. The van der Waals surface area contributed by atoms with Crippen molar-refractivity contribution in [3.63, 3.8) is 0 Å². The maximum absolute atomic E-state index is 8.66. The molecule has 18 heavy (non-hydrogen) atoms. The number of hydrogen-bond acceptors (Lipinski definition) is 4. The Hall–Kier alpha value is -1.54. The first-order valence-electron chi connectivity index (χ1n) is 5.65. The van der Waals surface area contributed by atoms with Crippen LogP contribution < -0.4 is 4.74 Å². The topological polar surface area (TPSA) is 47.9 Å². The summed E-state index contributed by atoms with van der Waals surface area (Å²) in [5, 5.41) is 8.66. The van der Waals surface area contributed by atoms with E-state index in [1.54, 1.807) is 14.2 Å². The van der Waals surface area contributed by atoms with E-state index in [-0.39, 0.29) is 6.61 Å². The highest BCUT2D eigenvalue weighted by molar-refractivity contribution is 5.44. The first-order chi connectivity index (χ1) is 8.81. The molecule has 0 spiro atoms. The molecule has 1 N–H and O–H groups in total. The Kier molecular flexibility index (Phi) is 6.89. The molecule has 0 aliphatic carbocycles. The summed E-state index contributed by atoms with van der Waals surface area (Å²) in [6.45, 7) is 1.39. The summed E-state index contributed by atoms with van der Waals surface area (Å²) in [7, 11) is 3.25. The summed E-state index contributed by atoms with van der Waals surface area (Å²) in [6, 6.07) is 5.59. The Morgan fingerprint density at radius 3 is 2.72 bits per heavy atom.